The molecule has 0 saturated carbocycles. The SMILES string of the molecule is C#CCCCCNCC1CCCCN1C. The lowest BCUT2D eigenvalue weighted by Gasteiger charge is -2.32. The van der Waals surface area contributed by atoms with E-state index in [0.717, 1.165) is 32.0 Å². The molecule has 0 amide bonds. The first-order valence-corrected chi connectivity index (χ1v) is 6.19. The van der Waals surface area contributed by atoms with Gasteiger partial charge < -0.3 is 10.2 Å². The summed E-state index contributed by atoms with van der Waals surface area (Å²) in [5.41, 5.74) is 0. The van der Waals surface area contributed by atoms with Crippen molar-refractivity contribution in [3.05, 3.63) is 0 Å². The molecule has 0 aliphatic carbocycles. The fourth-order valence-corrected chi connectivity index (χ4v) is 2.15. The number of hydrogen-bond acceptors (Lipinski definition) is 2. The molecular weight excluding hydrogens is 184 g/mol. The summed E-state index contributed by atoms with van der Waals surface area (Å²) < 4.78 is 0. The van der Waals surface area contributed by atoms with Crippen LogP contribution in [0.25, 0.3) is 0 Å². The third-order valence-electron chi connectivity index (χ3n) is 3.23. The van der Waals surface area contributed by atoms with Crippen molar-refractivity contribution in [3.8, 4) is 12.3 Å². The Morgan fingerprint density at radius 1 is 1.40 bits per heavy atom. The van der Waals surface area contributed by atoms with Crippen LogP contribution in [0.5, 0.6) is 0 Å². The van der Waals surface area contributed by atoms with Crippen LogP contribution in [-0.4, -0.2) is 37.6 Å². The molecule has 1 aliphatic rings. The second kappa shape index (κ2) is 7.73. The van der Waals surface area contributed by atoms with Crippen molar-refractivity contribution >= 4 is 0 Å². The molecule has 2 heteroatoms. The Hall–Kier alpha value is -0.520. The van der Waals surface area contributed by atoms with Crippen LogP contribution in [0.15, 0.2) is 0 Å². The van der Waals surface area contributed by atoms with E-state index >= 15 is 0 Å². The summed E-state index contributed by atoms with van der Waals surface area (Å²) in [6, 6.07) is 0.756. The molecule has 0 bridgehead atoms. The molecule has 15 heavy (non-hydrogen) atoms. The maximum Gasteiger partial charge on any atom is 0.0217 e. The molecule has 86 valence electrons. The van der Waals surface area contributed by atoms with Crippen LogP contribution in [0.3, 0.4) is 0 Å². The van der Waals surface area contributed by atoms with E-state index in [4.69, 9.17) is 6.42 Å². The molecule has 0 radical (unpaired) electrons. The Morgan fingerprint density at radius 3 is 3.00 bits per heavy atom. The molecule has 0 aromatic rings. The normalized spacial score (nSPS) is 22.5. The van der Waals surface area contributed by atoms with Crippen molar-refractivity contribution in [1.29, 1.82) is 0 Å². The number of nitrogens with zero attached hydrogens (tertiary/aromatic N) is 1. The first-order chi connectivity index (χ1) is 7.34. The van der Waals surface area contributed by atoms with E-state index in [1.807, 2.05) is 0 Å². The van der Waals surface area contributed by atoms with Crippen LogP contribution >= 0.6 is 0 Å². The summed E-state index contributed by atoms with van der Waals surface area (Å²) >= 11 is 0. The average molecular weight is 208 g/mol. The molecule has 0 spiro atoms. The highest BCUT2D eigenvalue weighted by Gasteiger charge is 2.17. The maximum absolute atomic E-state index is 5.20. The number of hydrogen-bond donors (Lipinski definition) is 1. The topological polar surface area (TPSA) is 15.3 Å². The largest absolute Gasteiger partial charge is 0.315 e. The van der Waals surface area contributed by atoms with Crippen LogP contribution in [0.2, 0.25) is 0 Å². The molecule has 1 saturated heterocycles. The molecule has 0 aromatic carbocycles. The van der Waals surface area contributed by atoms with E-state index in [1.165, 1.54) is 32.2 Å². The highest BCUT2D eigenvalue weighted by molar-refractivity contribution is 4.83. The summed E-state index contributed by atoms with van der Waals surface area (Å²) in [5, 5.41) is 3.53. The predicted octanol–water partition coefficient (Wildman–Crippen LogP) is 1.86. The van der Waals surface area contributed by atoms with Gasteiger partial charge in [0.2, 0.25) is 0 Å². The second-order valence-corrected chi connectivity index (χ2v) is 4.50. The van der Waals surface area contributed by atoms with Crippen LogP contribution in [0, 0.1) is 12.3 Å². The van der Waals surface area contributed by atoms with Crippen LogP contribution in [0.1, 0.15) is 38.5 Å². The van der Waals surface area contributed by atoms with Gasteiger partial charge in [-0.15, -0.1) is 12.3 Å². The van der Waals surface area contributed by atoms with Crippen LogP contribution < -0.4 is 5.32 Å². The average Bonchev–Trinajstić information content (AvgIpc) is 2.25. The second-order valence-electron chi connectivity index (χ2n) is 4.50. The monoisotopic (exact) mass is 208 g/mol. The number of likely N-dealkylation sites (N-methyl/N-ethyl adjacent to an activating group) is 1. The maximum atomic E-state index is 5.20. The van der Waals surface area contributed by atoms with Gasteiger partial charge in [-0.25, -0.2) is 0 Å². The summed E-state index contributed by atoms with van der Waals surface area (Å²) in [5.74, 6) is 2.68. The van der Waals surface area contributed by atoms with Gasteiger partial charge in [0.15, 0.2) is 0 Å². The zero-order chi connectivity index (χ0) is 10.9. The van der Waals surface area contributed by atoms with Crippen LogP contribution in [0.4, 0.5) is 0 Å². The zero-order valence-electron chi connectivity index (χ0n) is 9.97. The molecule has 2 nitrogen and oxygen atoms in total. The Labute approximate surface area is 94.4 Å². The molecule has 1 unspecified atom stereocenters. The van der Waals surface area contributed by atoms with Gasteiger partial charge in [0.25, 0.3) is 0 Å². The number of likely N-dealkylation sites (tertiary alicyclic amines) is 1. The highest BCUT2D eigenvalue weighted by atomic mass is 15.2. The number of unbranched alkanes of at least 4 members (excludes halogenated alkanes) is 2. The summed E-state index contributed by atoms with van der Waals surface area (Å²) in [7, 11) is 2.24. The third-order valence-corrected chi connectivity index (χ3v) is 3.23. The van der Waals surface area contributed by atoms with Crippen molar-refractivity contribution < 1.29 is 0 Å². The third kappa shape index (κ3) is 5.20. The van der Waals surface area contributed by atoms with Crippen LogP contribution in [-0.2, 0) is 0 Å². The van der Waals surface area contributed by atoms with Crippen molar-refractivity contribution in [3.63, 3.8) is 0 Å². The Bertz CT molecular complexity index is 195. The van der Waals surface area contributed by atoms with Gasteiger partial charge >= 0.3 is 0 Å². The van der Waals surface area contributed by atoms with E-state index in [9.17, 15) is 0 Å². The first-order valence-electron chi connectivity index (χ1n) is 6.19. The number of piperidine rings is 1. The molecule has 1 fully saturated rings. The first kappa shape index (κ1) is 12.5. The predicted molar refractivity (Wildman–Crippen MR) is 65.8 cm³/mol. The van der Waals surface area contributed by atoms with E-state index in [-0.39, 0.29) is 0 Å². The van der Waals surface area contributed by atoms with Crippen molar-refractivity contribution in [2.45, 2.75) is 44.6 Å². The molecule has 1 heterocycles. The smallest absolute Gasteiger partial charge is 0.0217 e. The molecule has 1 N–H and O–H groups in total. The lowest BCUT2D eigenvalue weighted by Crippen LogP contribution is -2.43. The number of rotatable bonds is 6. The standard InChI is InChI=1S/C13H24N2/c1-3-4-5-7-10-14-12-13-9-6-8-11-15(13)2/h1,13-14H,4-12H2,2H3. The van der Waals surface area contributed by atoms with Gasteiger partial charge in [-0.1, -0.05) is 6.42 Å². The fourth-order valence-electron chi connectivity index (χ4n) is 2.15. The summed E-state index contributed by atoms with van der Waals surface area (Å²) in [6.07, 6.45) is 12.6. The van der Waals surface area contributed by atoms with Crippen molar-refractivity contribution in [2.75, 3.05) is 26.7 Å². The van der Waals surface area contributed by atoms with E-state index in [2.05, 4.69) is 23.2 Å². The molecular formula is C13H24N2. The van der Waals surface area contributed by atoms with E-state index in [0.29, 0.717) is 0 Å². The Kier molecular flexibility index (Phi) is 6.47. The Balaban J connectivity index is 1.97. The van der Waals surface area contributed by atoms with Gasteiger partial charge in [0.1, 0.15) is 0 Å². The number of terminal acetylenes is 1. The minimum absolute atomic E-state index is 0.756. The lowest BCUT2D eigenvalue weighted by atomic mass is 10.0. The minimum Gasteiger partial charge on any atom is -0.315 e. The number of nitrogens with one attached hydrogen (secondary N) is 1. The summed E-state index contributed by atoms with van der Waals surface area (Å²) in [6.45, 7) is 3.53. The Morgan fingerprint density at radius 2 is 2.27 bits per heavy atom. The fraction of sp³-hybridized carbons (Fsp3) is 0.846. The zero-order valence-corrected chi connectivity index (χ0v) is 9.97. The molecule has 1 rings (SSSR count). The van der Waals surface area contributed by atoms with Crippen molar-refractivity contribution in [2.24, 2.45) is 0 Å². The van der Waals surface area contributed by atoms with Gasteiger partial charge in [-0.3, -0.25) is 0 Å². The van der Waals surface area contributed by atoms with E-state index in [1.54, 1.807) is 0 Å². The van der Waals surface area contributed by atoms with Gasteiger partial charge in [-0.2, -0.15) is 0 Å². The highest BCUT2D eigenvalue weighted by Crippen LogP contribution is 2.13. The van der Waals surface area contributed by atoms with Crippen molar-refractivity contribution in [1.82, 2.24) is 10.2 Å². The van der Waals surface area contributed by atoms with E-state index < -0.39 is 0 Å². The lowest BCUT2D eigenvalue weighted by molar-refractivity contribution is 0.181. The molecule has 1 atom stereocenters. The van der Waals surface area contributed by atoms with Gasteiger partial charge in [0, 0.05) is 19.0 Å². The molecule has 0 aromatic heterocycles. The minimum atomic E-state index is 0.756. The summed E-state index contributed by atoms with van der Waals surface area (Å²) in [4.78, 5) is 2.48. The van der Waals surface area contributed by atoms with Gasteiger partial charge in [0.05, 0.1) is 0 Å². The quantitative estimate of drug-likeness (QED) is 0.529. The van der Waals surface area contributed by atoms with Gasteiger partial charge in [-0.05, 0) is 45.8 Å². The molecule has 1 aliphatic heterocycles.